The lowest BCUT2D eigenvalue weighted by Gasteiger charge is -2.11. The van der Waals surface area contributed by atoms with Crippen molar-refractivity contribution in [2.45, 2.75) is 26.5 Å². The first kappa shape index (κ1) is 15.3. The number of nitrogens with one attached hydrogen (secondary N) is 2. The number of carbonyl (C=O) groups is 1. The number of anilines is 1. The van der Waals surface area contributed by atoms with Crippen molar-refractivity contribution in [3.05, 3.63) is 29.8 Å². The zero-order chi connectivity index (χ0) is 14.5. The van der Waals surface area contributed by atoms with Gasteiger partial charge in [0.1, 0.15) is 0 Å². The fourth-order valence-corrected chi connectivity index (χ4v) is 1.94. The Kier molecular flexibility index (Phi) is 5.13. The van der Waals surface area contributed by atoms with Gasteiger partial charge in [-0.3, -0.25) is 0 Å². The van der Waals surface area contributed by atoms with Crippen molar-refractivity contribution in [3.8, 4) is 0 Å². The predicted molar refractivity (Wildman–Crippen MR) is 71.4 cm³/mol. The van der Waals surface area contributed by atoms with E-state index < -0.39 is 22.4 Å². The molecular weight excluding hydrogens is 270 g/mol. The highest BCUT2D eigenvalue weighted by Gasteiger charge is 2.16. The summed E-state index contributed by atoms with van der Waals surface area (Å²) in [5.41, 5.74) is 6.75. The van der Waals surface area contributed by atoms with Crippen molar-refractivity contribution in [2.75, 3.05) is 5.73 Å². The first-order valence-electron chi connectivity index (χ1n) is 5.61. The molecule has 0 saturated heterocycles. The molecule has 0 atom stereocenters. The third kappa shape index (κ3) is 5.58. The van der Waals surface area contributed by atoms with E-state index in [0.29, 0.717) is 11.3 Å². The van der Waals surface area contributed by atoms with Gasteiger partial charge in [0, 0.05) is 12.2 Å². The number of ether oxygens (including phenoxy) is 1. The summed E-state index contributed by atoms with van der Waals surface area (Å²) in [4.78, 5) is 11.2. The van der Waals surface area contributed by atoms with Crippen molar-refractivity contribution in [3.63, 3.8) is 0 Å². The van der Waals surface area contributed by atoms with Gasteiger partial charge in [-0.15, -0.1) is 0 Å². The van der Waals surface area contributed by atoms with Gasteiger partial charge in [0.2, 0.25) is 0 Å². The van der Waals surface area contributed by atoms with Gasteiger partial charge in [-0.1, -0.05) is 18.2 Å². The second kappa shape index (κ2) is 6.39. The minimum absolute atomic E-state index is 0.0169. The van der Waals surface area contributed by atoms with E-state index in [-0.39, 0.29) is 6.54 Å². The van der Waals surface area contributed by atoms with Gasteiger partial charge in [-0.2, -0.15) is 13.1 Å². The van der Waals surface area contributed by atoms with Crippen LogP contribution in [0.3, 0.4) is 0 Å². The first-order chi connectivity index (χ1) is 8.80. The molecule has 0 aliphatic heterocycles. The average Bonchev–Trinajstić information content (AvgIpc) is 2.26. The summed E-state index contributed by atoms with van der Waals surface area (Å²) in [6.07, 6.45) is -1.43. The Bertz CT molecular complexity index is 543. The molecule has 0 radical (unpaired) electrons. The quantitative estimate of drug-likeness (QED) is 0.692. The Hall–Kier alpha value is -1.80. The zero-order valence-corrected chi connectivity index (χ0v) is 11.5. The fraction of sp³-hybridized carbons (Fsp3) is 0.364. The lowest BCUT2D eigenvalue weighted by Crippen LogP contribution is -2.40. The topological polar surface area (TPSA) is 111 Å². The van der Waals surface area contributed by atoms with E-state index in [0.717, 1.165) is 0 Å². The maximum atomic E-state index is 11.5. The number of nitrogen functional groups attached to an aromatic ring is 1. The van der Waals surface area contributed by atoms with Crippen molar-refractivity contribution in [2.24, 2.45) is 0 Å². The minimum atomic E-state index is -3.97. The molecule has 19 heavy (non-hydrogen) atoms. The summed E-state index contributed by atoms with van der Waals surface area (Å²) >= 11 is 0. The van der Waals surface area contributed by atoms with Gasteiger partial charge in [-0.05, 0) is 25.5 Å². The van der Waals surface area contributed by atoms with Crippen LogP contribution < -0.4 is 15.2 Å². The third-order valence-electron chi connectivity index (χ3n) is 2.07. The second-order valence-electron chi connectivity index (χ2n) is 4.08. The van der Waals surface area contributed by atoms with Gasteiger partial charge in [0.15, 0.2) is 0 Å². The van der Waals surface area contributed by atoms with E-state index in [1.54, 1.807) is 42.8 Å². The molecule has 4 N–H and O–H groups in total. The van der Waals surface area contributed by atoms with E-state index in [4.69, 9.17) is 5.73 Å². The van der Waals surface area contributed by atoms with E-state index >= 15 is 0 Å². The number of hydrogen-bond acceptors (Lipinski definition) is 5. The maximum Gasteiger partial charge on any atom is 0.422 e. The van der Waals surface area contributed by atoms with Crippen LogP contribution in [0.25, 0.3) is 0 Å². The molecule has 0 fully saturated rings. The summed E-state index contributed by atoms with van der Waals surface area (Å²) in [5.74, 6) is 0. The van der Waals surface area contributed by atoms with Crippen molar-refractivity contribution >= 4 is 22.0 Å². The molecule has 1 amide bonds. The number of rotatable bonds is 5. The smallest absolute Gasteiger partial charge is 0.422 e. The molecule has 0 spiro atoms. The molecule has 8 heteroatoms. The molecule has 0 heterocycles. The van der Waals surface area contributed by atoms with E-state index in [1.165, 1.54) is 0 Å². The number of para-hydroxylation sites is 1. The Morgan fingerprint density at radius 2 is 2.00 bits per heavy atom. The van der Waals surface area contributed by atoms with Crippen LogP contribution >= 0.6 is 0 Å². The second-order valence-corrected chi connectivity index (χ2v) is 5.58. The standard InChI is InChI=1S/C11H17N3O4S/c1-8(2)18-11(15)14-19(16,17)13-7-9-5-3-4-6-10(9)12/h3-6,8,13H,7,12H2,1-2H3,(H,14,15). The SMILES string of the molecule is CC(C)OC(=O)NS(=O)(=O)NCc1ccccc1N. The van der Waals surface area contributed by atoms with Crippen LogP contribution in [-0.4, -0.2) is 20.6 Å². The molecule has 1 aromatic carbocycles. The molecule has 1 aromatic rings. The number of carbonyl (C=O) groups excluding carboxylic acids is 1. The molecule has 7 nitrogen and oxygen atoms in total. The highest BCUT2D eigenvalue weighted by atomic mass is 32.2. The molecule has 0 aromatic heterocycles. The molecule has 1 rings (SSSR count). The van der Waals surface area contributed by atoms with Crippen LogP contribution in [0.1, 0.15) is 19.4 Å². The number of nitrogens with two attached hydrogens (primary N) is 1. The lowest BCUT2D eigenvalue weighted by molar-refractivity contribution is 0.121. The number of amides is 1. The predicted octanol–water partition coefficient (Wildman–Crippen LogP) is 0.738. The van der Waals surface area contributed by atoms with Crippen molar-refractivity contribution < 1.29 is 17.9 Å². The van der Waals surface area contributed by atoms with Crippen LogP contribution in [-0.2, 0) is 21.5 Å². The molecule has 0 unspecified atom stereocenters. The lowest BCUT2D eigenvalue weighted by atomic mass is 10.2. The Morgan fingerprint density at radius 3 is 2.58 bits per heavy atom. The molecule has 0 saturated carbocycles. The van der Waals surface area contributed by atoms with Gasteiger partial charge in [-0.25, -0.2) is 9.52 Å². The zero-order valence-electron chi connectivity index (χ0n) is 10.7. The van der Waals surface area contributed by atoms with E-state index in [1.807, 2.05) is 0 Å². The fourth-order valence-electron chi connectivity index (χ4n) is 1.25. The summed E-state index contributed by atoms with van der Waals surface area (Å²) in [7, 11) is -3.97. The number of hydrogen-bond donors (Lipinski definition) is 3. The summed E-state index contributed by atoms with van der Waals surface area (Å²) in [6.45, 7) is 3.21. The van der Waals surface area contributed by atoms with Crippen LogP contribution in [0.15, 0.2) is 24.3 Å². The molecule has 0 aliphatic rings. The van der Waals surface area contributed by atoms with Gasteiger partial charge in [0.25, 0.3) is 0 Å². The van der Waals surface area contributed by atoms with Crippen LogP contribution in [0.2, 0.25) is 0 Å². The van der Waals surface area contributed by atoms with Crippen LogP contribution in [0.5, 0.6) is 0 Å². The Balaban J connectivity index is 2.56. The molecule has 0 bridgehead atoms. The van der Waals surface area contributed by atoms with Gasteiger partial charge in [0.05, 0.1) is 6.10 Å². The van der Waals surface area contributed by atoms with Gasteiger partial charge < -0.3 is 10.5 Å². The maximum absolute atomic E-state index is 11.5. The first-order valence-corrected chi connectivity index (χ1v) is 7.10. The van der Waals surface area contributed by atoms with Gasteiger partial charge >= 0.3 is 16.3 Å². The highest BCUT2D eigenvalue weighted by Crippen LogP contribution is 2.09. The number of benzene rings is 1. The average molecular weight is 287 g/mol. The van der Waals surface area contributed by atoms with Crippen LogP contribution in [0.4, 0.5) is 10.5 Å². The van der Waals surface area contributed by atoms with E-state index in [2.05, 4.69) is 9.46 Å². The van der Waals surface area contributed by atoms with E-state index in [9.17, 15) is 13.2 Å². The summed E-state index contributed by atoms with van der Waals surface area (Å²) in [5, 5.41) is 0. The van der Waals surface area contributed by atoms with Crippen molar-refractivity contribution in [1.82, 2.24) is 9.44 Å². The summed E-state index contributed by atoms with van der Waals surface area (Å²) < 4.78 is 31.7. The summed E-state index contributed by atoms with van der Waals surface area (Å²) in [6, 6.07) is 6.82. The van der Waals surface area contributed by atoms with Crippen LogP contribution in [0, 0.1) is 0 Å². The highest BCUT2D eigenvalue weighted by molar-refractivity contribution is 7.88. The molecule has 0 aliphatic carbocycles. The molecular formula is C11H17N3O4S. The minimum Gasteiger partial charge on any atom is -0.446 e. The largest absolute Gasteiger partial charge is 0.446 e. The van der Waals surface area contributed by atoms with Crippen molar-refractivity contribution in [1.29, 1.82) is 0 Å². The monoisotopic (exact) mass is 287 g/mol. The third-order valence-corrected chi connectivity index (χ3v) is 3.03. The molecule has 106 valence electrons. The normalized spacial score (nSPS) is 11.3. The Morgan fingerprint density at radius 1 is 1.37 bits per heavy atom. The Labute approximate surface area is 112 Å².